The van der Waals surface area contributed by atoms with Gasteiger partial charge in [-0.1, -0.05) is 12.1 Å². The first-order valence-corrected chi connectivity index (χ1v) is 9.44. The molecule has 11 heteroatoms. The van der Waals surface area contributed by atoms with Crippen LogP contribution in [-0.2, 0) is 19.3 Å². The minimum absolute atomic E-state index is 0.0162. The maximum atomic E-state index is 14.5. The van der Waals surface area contributed by atoms with Crippen molar-refractivity contribution in [3.63, 3.8) is 0 Å². The molecule has 0 aliphatic heterocycles. The van der Waals surface area contributed by atoms with Gasteiger partial charge in [0.1, 0.15) is 11.6 Å². The monoisotopic (exact) mass is 450 g/mol. The zero-order valence-electron chi connectivity index (χ0n) is 16.5. The quantitative estimate of drug-likeness (QED) is 0.446. The second-order valence-electron chi connectivity index (χ2n) is 7.00. The summed E-state index contributed by atoms with van der Waals surface area (Å²) in [6.07, 6.45) is -3.24. The van der Waals surface area contributed by atoms with Crippen LogP contribution >= 0.6 is 0 Å². The highest BCUT2D eigenvalue weighted by molar-refractivity contribution is 5.72. The van der Waals surface area contributed by atoms with Crippen molar-refractivity contribution in [1.29, 1.82) is 0 Å². The van der Waals surface area contributed by atoms with Crippen LogP contribution in [0.5, 0.6) is 0 Å². The Hall–Kier alpha value is -3.76. The first-order valence-electron chi connectivity index (χ1n) is 9.44. The van der Waals surface area contributed by atoms with E-state index in [-0.39, 0.29) is 29.9 Å². The molecule has 4 aromatic rings. The summed E-state index contributed by atoms with van der Waals surface area (Å²) < 4.78 is 69.3. The summed E-state index contributed by atoms with van der Waals surface area (Å²) in [5, 5.41) is 0. The number of fused-ring (bicyclic) bond motifs is 1. The molecule has 0 unspecified atom stereocenters. The van der Waals surface area contributed by atoms with Crippen molar-refractivity contribution in [1.82, 2.24) is 18.7 Å². The molecular weight excluding hydrogens is 435 g/mol. The van der Waals surface area contributed by atoms with Crippen LogP contribution in [0, 0.1) is 11.6 Å². The number of hydrogen-bond donors (Lipinski definition) is 0. The van der Waals surface area contributed by atoms with E-state index in [9.17, 15) is 31.5 Å². The maximum Gasteiger partial charge on any atom is 0.416 e. The molecule has 0 atom stereocenters. The molecule has 0 radical (unpaired) electrons. The lowest BCUT2D eigenvalue weighted by atomic mass is 10.1. The lowest BCUT2D eigenvalue weighted by Gasteiger charge is -2.12. The van der Waals surface area contributed by atoms with E-state index in [1.165, 1.54) is 23.0 Å². The standard InChI is InChI=1S/C21H15F5N4O2/c1-2-29-19(31)17-18(30(20(29)32)16-8-7-14(22)9-15(16)23)27-11-28(17)10-12-3-5-13(6-4-12)21(24,25)26/h3-9,11H,2,10H2,1H3. The highest BCUT2D eigenvalue weighted by Gasteiger charge is 2.30. The van der Waals surface area contributed by atoms with E-state index in [0.29, 0.717) is 11.6 Å². The highest BCUT2D eigenvalue weighted by atomic mass is 19.4. The Morgan fingerprint density at radius 3 is 2.28 bits per heavy atom. The molecule has 32 heavy (non-hydrogen) atoms. The lowest BCUT2D eigenvalue weighted by Crippen LogP contribution is -2.39. The molecule has 0 saturated carbocycles. The zero-order chi connectivity index (χ0) is 23.2. The summed E-state index contributed by atoms with van der Waals surface area (Å²) in [4.78, 5) is 29.9. The third kappa shape index (κ3) is 3.59. The number of nitrogens with zero attached hydrogens (tertiary/aromatic N) is 4. The van der Waals surface area contributed by atoms with Gasteiger partial charge in [-0.25, -0.2) is 23.1 Å². The molecule has 2 heterocycles. The molecule has 0 aliphatic rings. The van der Waals surface area contributed by atoms with Crippen molar-refractivity contribution < 1.29 is 22.0 Å². The van der Waals surface area contributed by atoms with Gasteiger partial charge in [0, 0.05) is 19.2 Å². The van der Waals surface area contributed by atoms with Crippen LogP contribution in [0.4, 0.5) is 22.0 Å². The Balaban J connectivity index is 1.90. The third-order valence-electron chi connectivity index (χ3n) is 5.00. The minimum atomic E-state index is -4.48. The van der Waals surface area contributed by atoms with Gasteiger partial charge < -0.3 is 4.57 Å². The van der Waals surface area contributed by atoms with Crippen LogP contribution in [0.1, 0.15) is 18.1 Å². The largest absolute Gasteiger partial charge is 0.416 e. The maximum absolute atomic E-state index is 14.5. The fourth-order valence-electron chi connectivity index (χ4n) is 3.45. The molecule has 2 aromatic carbocycles. The molecule has 0 saturated heterocycles. The van der Waals surface area contributed by atoms with Crippen molar-refractivity contribution in [2.24, 2.45) is 0 Å². The molecule has 4 rings (SSSR count). The van der Waals surface area contributed by atoms with Gasteiger partial charge in [-0.05, 0) is 36.8 Å². The summed E-state index contributed by atoms with van der Waals surface area (Å²) >= 11 is 0. The highest BCUT2D eigenvalue weighted by Crippen LogP contribution is 2.29. The van der Waals surface area contributed by atoms with Crippen LogP contribution in [0.2, 0.25) is 0 Å². The third-order valence-corrected chi connectivity index (χ3v) is 5.00. The molecule has 0 amide bonds. The van der Waals surface area contributed by atoms with Crippen molar-refractivity contribution >= 4 is 11.2 Å². The summed E-state index contributed by atoms with van der Waals surface area (Å²) in [5.74, 6) is -1.86. The molecule has 0 N–H and O–H groups in total. The molecule has 2 aromatic heterocycles. The topological polar surface area (TPSA) is 61.8 Å². The van der Waals surface area contributed by atoms with Gasteiger partial charge in [0.25, 0.3) is 5.56 Å². The van der Waals surface area contributed by atoms with E-state index in [4.69, 9.17) is 0 Å². The van der Waals surface area contributed by atoms with E-state index < -0.39 is 34.6 Å². The summed E-state index contributed by atoms with van der Waals surface area (Å²) in [7, 11) is 0. The molecule has 0 fully saturated rings. The Morgan fingerprint density at radius 1 is 1.00 bits per heavy atom. The van der Waals surface area contributed by atoms with E-state index in [1.54, 1.807) is 6.92 Å². The number of aromatic nitrogens is 4. The van der Waals surface area contributed by atoms with Gasteiger partial charge in [-0.15, -0.1) is 0 Å². The Bertz CT molecular complexity index is 1430. The number of alkyl halides is 3. The summed E-state index contributed by atoms with van der Waals surface area (Å²) in [6, 6.07) is 7.01. The van der Waals surface area contributed by atoms with Crippen LogP contribution in [0.15, 0.2) is 58.4 Å². The van der Waals surface area contributed by atoms with E-state index >= 15 is 0 Å². The lowest BCUT2D eigenvalue weighted by molar-refractivity contribution is -0.137. The summed E-state index contributed by atoms with van der Waals surface area (Å²) in [5.41, 5.74) is -2.39. The Morgan fingerprint density at radius 2 is 1.69 bits per heavy atom. The van der Waals surface area contributed by atoms with Crippen LogP contribution in [0.3, 0.4) is 0 Å². The zero-order valence-corrected chi connectivity index (χ0v) is 16.5. The van der Waals surface area contributed by atoms with Crippen LogP contribution in [0.25, 0.3) is 16.9 Å². The van der Waals surface area contributed by atoms with Gasteiger partial charge in [0.2, 0.25) is 0 Å². The average molecular weight is 450 g/mol. The first-order chi connectivity index (χ1) is 15.1. The SMILES string of the molecule is CCn1c(=O)c2c(ncn2Cc2ccc(C(F)(F)F)cc2)n(-c2ccc(F)cc2F)c1=O. The molecule has 0 aliphatic carbocycles. The molecule has 6 nitrogen and oxygen atoms in total. The van der Waals surface area contributed by atoms with Crippen molar-refractivity contribution in [3.8, 4) is 5.69 Å². The van der Waals surface area contributed by atoms with Gasteiger partial charge in [0.15, 0.2) is 11.2 Å². The molecular formula is C21H15F5N4O2. The smallest absolute Gasteiger partial charge is 0.320 e. The number of halogens is 5. The second-order valence-corrected chi connectivity index (χ2v) is 7.00. The summed E-state index contributed by atoms with van der Waals surface area (Å²) in [6.45, 7) is 1.51. The Labute approximate surface area is 176 Å². The van der Waals surface area contributed by atoms with Gasteiger partial charge in [0.05, 0.1) is 17.6 Å². The van der Waals surface area contributed by atoms with Crippen molar-refractivity contribution in [2.45, 2.75) is 26.2 Å². The number of hydrogen-bond acceptors (Lipinski definition) is 3. The molecule has 0 spiro atoms. The van der Waals surface area contributed by atoms with Gasteiger partial charge in [-0.2, -0.15) is 13.2 Å². The predicted molar refractivity (Wildman–Crippen MR) is 106 cm³/mol. The normalized spacial score (nSPS) is 11.9. The fourth-order valence-corrected chi connectivity index (χ4v) is 3.45. The van der Waals surface area contributed by atoms with E-state index in [0.717, 1.165) is 33.4 Å². The van der Waals surface area contributed by atoms with E-state index in [2.05, 4.69) is 4.98 Å². The van der Waals surface area contributed by atoms with Crippen molar-refractivity contribution in [3.05, 3.63) is 92.4 Å². The minimum Gasteiger partial charge on any atom is -0.320 e. The number of imidazole rings is 1. The Kier molecular flexibility index (Phi) is 5.19. The van der Waals surface area contributed by atoms with Gasteiger partial charge in [-0.3, -0.25) is 9.36 Å². The number of benzene rings is 2. The van der Waals surface area contributed by atoms with Crippen LogP contribution < -0.4 is 11.2 Å². The predicted octanol–water partition coefficient (Wildman–Crippen LogP) is 3.71. The second kappa shape index (κ2) is 7.74. The molecule has 166 valence electrons. The van der Waals surface area contributed by atoms with Gasteiger partial charge >= 0.3 is 11.9 Å². The average Bonchev–Trinajstić information content (AvgIpc) is 3.13. The van der Waals surface area contributed by atoms with E-state index in [1.807, 2.05) is 0 Å². The molecule has 0 bridgehead atoms. The fraction of sp³-hybridized carbons (Fsp3) is 0.190. The first kappa shape index (κ1) is 21.5. The van der Waals surface area contributed by atoms with Crippen LogP contribution in [-0.4, -0.2) is 18.7 Å². The van der Waals surface area contributed by atoms with Crippen molar-refractivity contribution in [2.75, 3.05) is 0 Å². The number of rotatable bonds is 4.